The molecule has 0 bridgehead atoms. The van der Waals surface area contributed by atoms with E-state index in [0.29, 0.717) is 22.5 Å². The van der Waals surface area contributed by atoms with Gasteiger partial charge in [0.15, 0.2) is 10.3 Å². The van der Waals surface area contributed by atoms with Gasteiger partial charge in [-0.05, 0) is 35.4 Å². The Balaban J connectivity index is 2.17. The molecular weight excluding hydrogens is 359 g/mol. The summed E-state index contributed by atoms with van der Waals surface area (Å²) in [6.45, 7) is 0. The number of nitrogens with two attached hydrogens (primary N) is 1. The van der Waals surface area contributed by atoms with Crippen molar-refractivity contribution in [3.63, 3.8) is 0 Å². The lowest BCUT2D eigenvalue weighted by Gasteiger charge is -2.06. The molecule has 0 aliphatic heterocycles. The van der Waals surface area contributed by atoms with Gasteiger partial charge >= 0.3 is 0 Å². The topological polar surface area (TPSA) is 60.2 Å². The van der Waals surface area contributed by atoms with Crippen molar-refractivity contribution in [1.29, 1.82) is 0 Å². The molecule has 2 aromatic carbocycles. The van der Waals surface area contributed by atoms with Crippen molar-refractivity contribution < 1.29 is 21.6 Å². The molecule has 0 saturated heterocycles. The number of primary sulfonamides is 1. The number of thiophene rings is 1. The van der Waals surface area contributed by atoms with E-state index in [2.05, 4.69) is 0 Å². The van der Waals surface area contributed by atoms with Gasteiger partial charge in [0.1, 0.15) is 5.82 Å². The molecule has 3 aromatic rings. The summed E-state index contributed by atoms with van der Waals surface area (Å²) in [6, 6.07) is 10.1. The third kappa shape index (κ3) is 3.08. The molecular formula is C16H10F3NO2S2. The van der Waals surface area contributed by atoms with E-state index in [1.54, 1.807) is 0 Å². The molecule has 3 nitrogen and oxygen atoms in total. The molecule has 0 aliphatic rings. The number of hydrogen-bond acceptors (Lipinski definition) is 3. The van der Waals surface area contributed by atoms with Crippen molar-refractivity contribution in [1.82, 2.24) is 0 Å². The van der Waals surface area contributed by atoms with Crippen LogP contribution >= 0.6 is 11.3 Å². The summed E-state index contributed by atoms with van der Waals surface area (Å²) in [5.74, 6) is -0.492. The van der Waals surface area contributed by atoms with Crippen LogP contribution in [0.2, 0.25) is 0 Å². The van der Waals surface area contributed by atoms with E-state index in [0.717, 1.165) is 12.1 Å². The van der Waals surface area contributed by atoms with Gasteiger partial charge in [-0.2, -0.15) is 8.78 Å². The van der Waals surface area contributed by atoms with Crippen molar-refractivity contribution in [3.05, 3.63) is 64.6 Å². The third-order valence-electron chi connectivity index (χ3n) is 3.43. The molecule has 2 N–H and O–H groups in total. The minimum atomic E-state index is -3.88. The summed E-state index contributed by atoms with van der Waals surface area (Å²) in [5.41, 5.74) is 0.602. The highest BCUT2D eigenvalue weighted by Crippen LogP contribution is 2.41. The number of hydrogen-bond donors (Lipinski definition) is 1. The molecule has 8 heteroatoms. The molecule has 0 spiro atoms. The Kier molecular flexibility index (Phi) is 4.20. The number of sulfonamides is 1. The summed E-state index contributed by atoms with van der Waals surface area (Å²) in [7, 11) is -3.88. The number of rotatable bonds is 3. The summed E-state index contributed by atoms with van der Waals surface area (Å²) in [4.78, 5) is -0.134. The lowest BCUT2D eigenvalue weighted by molar-refractivity contribution is 0.598. The van der Waals surface area contributed by atoms with E-state index in [9.17, 15) is 21.6 Å². The lowest BCUT2D eigenvalue weighted by Crippen LogP contribution is -2.11. The highest BCUT2D eigenvalue weighted by Gasteiger charge is 2.22. The summed E-state index contributed by atoms with van der Waals surface area (Å²) >= 11 is 0.329. The van der Waals surface area contributed by atoms with Gasteiger partial charge in [0.25, 0.3) is 0 Å². The molecule has 0 amide bonds. The van der Waals surface area contributed by atoms with E-state index in [1.807, 2.05) is 0 Å². The van der Waals surface area contributed by atoms with Crippen molar-refractivity contribution in [2.45, 2.75) is 4.90 Å². The maximum Gasteiger partial charge on any atom is 0.238 e. The first-order chi connectivity index (χ1) is 11.3. The predicted molar refractivity (Wildman–Crippen MR) is 86.4 cm³/mol. The first-order valence-corrected chi connectivity index (χ1v) is 9.00. The van der Waals surface area contributed by atoms with Crippen LogP contribution in [-0.4, -0.2) is 8.42 Å². The van der Waals surface area contributed by atoms with E-state index in [1.165, 1.54) is 36.4 Å². The van der Waals surface area contributed by atoms with Crippen molar-refractivity contribution in [2.75, 3.05) is 0 Å². The maximum atomic E-state index is 14.2. The Hall–Kier alpha value is -2.16. The van der Waals surface area contributed by atoms with E-state index >= 15 is 0 Å². The van der Waals surface area contributed by atoms with Gasteiger partial charge in [0, 0.05) is 11.1 Å². The minimum absolute atomic E-state index is 0.000792. The summed E-state index contributed by atoms with van der Waals surface area (Å²) in [6.07, 6.45) is 0. The fourth-order valence-electron chi connectivity index (χ4n) is 2.32. The molecule has 124 valence electrons. The lowest BCUT2D eigenvalue weighted by atomic mass is 9.98. The SMILES string of the molecule is NS(=O)(=O)c1ccc(-c2c(F)sc(F)c2-c2ccc(F)cc2)cc1. The van der Waals surface area contributed by atoms with Gasteiger partial charge in [-0.25, -0.2) is 17.9 Å². The molecule has 0 saturated carbocycles. The molecule has 0 radical (unpaired) electrons. The van der Waals surface area contributed by atoms with Crippen LogP contribution in [-0.2, 0) is 10.0 Å². The van der Waals surface area contributed by atoms with Crippen LogP contribution in [0.25, 0.3) is 22.3 Å². The van der Waals surface area contributed by atoms with Crippen LogP contribution in [0.1, 0.15) is 0 Å². The Morgan fingerprint density at radius 1 is 0.750 bits per heavy atom. The molecule has 1 aromatic heterocycles. The van der Waals surface area contributed by atoms with Crippen LogP contribution in [0.15, 0.2) is 53.4 Å². The van der Waals surface area contributed by atoms with Gasteiger partial charge in [0.2, 0.25) is 10.0 Å². The first-order valence-electron chi connectivity index (χ1n) is 6.64. The van der Waals surface area contributed by atoms with E-state index in [-0.39, 0.29) is 16.0 Å². The van der Waals surface area contributed by atoms with Crippen molar-refractivity contribution in [2.24, 2.45) is 5.14 Å². The Labute approximate surface area is 140 Å². The van der Waals surface area contributed by atoms with Gasteiger partial charge in [-0.1, -0.05) is 35.6 Å². The normalized spacial score (nSPS) is 11.7. The molecule has 0 unspecified atom stereocenters. The summed E-state index contributed by atoms with van der Waals surface area (Å²) < 4.78 is 64.0. The highest BCUT2D eigenvalue weighted by molar-refractivity contribution is 7.89. The highest BCUT2D eigenvalue weighted by atomic mass is 32.2. The fraction of sp³-hybridized carbons (Fsp3) is 0. The van der Waals surface area contributed by atoms with Crippen LogP contribution in [0.5, 0.6) is 0 Å². The smallest absolute Gasteiger partial charge is 0.225 e. The predicted octanol–water partition coefficient (Wildman–Crippen LogP) is 4.15. The monoisotopic (exact) mass is 369 g/mol. The molecule has 0 aliphatic carbocycles. The zero-order chi connectivity index (χ0) is 17.5. The maximum absolute atomic E-state index is 14.2. The summed E-state index contributed by atoms with van der Waals surface area (Å²) in [5, 5.41) is 3.52. The second-order valence-corrected chi connectivity index (χ2v) is 7.46. The molecule has 3 rings (SSSR count). The van der Waals surface area contributed by atoms with Crippen LogP contribution in [0.4, 0.5) is 13.2 Å². The van der Waals surface area contributed by atoms with Gasteiger partial charge < -0.3 is 0 Å². The number of benzene rings is 2. The standard InChI is InChI=1S/C16H10F3NO2S2/c17-11-5-1-9(2-6-11)13-14(16(19)23-15(13)18)10-3-7-12(8-4-10)24(20,21)22/h1-8H,(H2,20,21,22). The largest absolute Gasteiger partial charge is 0.238 e. The Morgan fingerprint density at radius 3 is 1.58 bits per heavy atom. The van der Waals surface area contributed by atoms with Gasteiger partial charge in [0.05, 0.1) is 4.90 Å². The van der Waals surface area contributed by atoms with E-state index < -0.39 is 26.1 Å². The van der Waals surface area contributed by atoms with Crippen LogP contribution in [0, 0.1) is 16.1 Å². The molecule has 0 fully saturated rings. The zero-order valence-electron chi connectivity index (χ0n) is 12.0. The Bertz CT molecular complexity index is 995. The molecule has 0 atom stereocenters. The molecule has 24 heavy (non-hydrogen) atoms. The minimum Gasteiger partial charge on any atom is -0.225 e. The van der Waals surface area contributed by atoms with Crippen LogP contribution < -0.4 is 5.14 Å². The van der Waals surface area contributed by atoms with Crippen molar-refractivity contribution >= 4 is 21.4 Å². The van der Waals surface area contributed by atoms with Crippen LogP contribution in [0.3, 0.4) is 0 Å². The van der Waals surface area contributed by atoms with Crippen molar-refractivity contribution in [3.8, 4) is 22.3 Å². The second-order valence-electron chi connectivity index (χ2n) is 4.98. The average molecular weight is 369 g/mol. The molecule has 1 heterocycles. The zero-order valence-corrected chi connectivity index (χ0v) is 13.6. The van der Waals surface area contributed by atoms with E-state index in [4.69, 9.17) is 5.14 Å². The number of halogens is 3. The quantitative estimate of drug-likeness (QED) is 0.754. The van der Waals surface area contributed by atoms with Gasteiger partial charge in [-0.15, -0.1) is 0 Å². The Morgan fingerprint density at radius 2 is 1.17 bits per heavy atom. The fourth-order valence-corrected chi connectivity index (χ4v) is 3.64. The first kappa shape index (κ1) is 16.7. The third-order valence-corrected chi connectivity index (χ3v) is 5.12. The average Bonchev–Trinajstić information content (AvgIpc) is 2.82. The second kappa shape index (κ2) is 6.04. The van der Waals surface area contributed by atoms with Gasteiger partial charge in [-0.3, -0.25) is 0 Å².